The highest BCUT2D eigenvalue weighted by Crippen LogP contribution is 2.25. The number of hydrogen-bond donors (Lipinski definition) is 2. The molecule has 1 aromatic heterocycles. The minimum absolute atomic E-state index is 0.427. The summed E-state index contributed by atoms with van der Waals surface area (Å²) in [6.07, 6.45) is 1.05. The molecule has 0 spiro atoms. The van der Waals surface area contributed by atoms with Crippen LogP contribution in [0.4, 0.5) is 5.82 Å². The van der Waals surface area contributed by atoms with Crippen LogP contribution in [0.3, 0.4) is 0 Å². The molecule has 1 atom stereocenters. The van der Waals surface area contributed by atoms with Crippen molar-refractivity contribution in [2.75, 3.05) is 24.5 Å². The number of amides is 1. The van der Waals surface area contributed by atoms with Crippen molar-refractivity contribution < 1.29 is 4.79 Å². The molecule has 92 valence electrons. The molecule has 2 heterocycles. The second-order valence-electron chi connectivity index (χ2n) is 4.52. The molecule has 1 aliphatic rings. The molecule has 17 heavy (non-hydrogen) atoms. The van der Waals surface area contributed by atoms with Crippen molar-refractivity contribution in [2.24, 2.45) is 17.4 Å². The molecule has 5 heteroatoms. The summed E-state index contributed by atoms with van der Waals surface area (Å²) in [5, 5.41) is 0. The number of aromatic nitrogens is 1. The highest BCUT2D eigenvalue weighted by Gasteiger charge is 2.25. The maximum absolute atomic E-state index is 11.4. The Labute approximate surface area is 101 Å². The number of pyridine rings is 1. The van der Waals surface area contributed by atoms with Crippen LogP contribution >= 0.6 is 0 Å². The van der Waals surface area contributed by atoms with Crippen LogP contribution in [-0.4, -0.2) is 30.5 Å². The average Bonchev–Trinajstić information content (AvgIpc) is 2.76. The smallest absolute Gasteiger partial charge is 0.252 e. The number of nitrogens with zero attached hydrogens (tertiary/aromatic N) is 2. The summed E-state index contributed by atoms with van der Waals surface area (Å²) in [7, 11) is 0. The summed E-state index contributed by atoms with van der Waals surface area (Å²) in [6, 6.07) is 3.55. The van der Waals surface area contributed by atoms with E-state index in [-0.39, 0.29) is 0 Å². The van der Waals surface area contributed by atoms with Crippen molar-refractivity contribution in [2.45, 2.75) is 13.3 Å². The fourth-order valence-electron chi connectivity index (χ4n) is 2.19. The number of nitrogens with two attached hydrogens (primary N) is 2. The third-order valence-electron chi connectivity index (χ3n) is 3.20. The Hall–Kier alpha value is -1.62. The Morgan fingerprint density at radius 3 is 2.94 bits per heavy atom. The summed E-state index contributed by atoms with van der Waals surface area (Å²) >= 11 is 0. The van der Waals surface area contributed by atoms with E-state index in [1.807, 2.05) is 6.92 Å². The van der Waals surface area contributed by atoms with Crippen LogP contribution in [0.5, 0.6) is 0 Å². The van der Waals surface area contributed by atoms with Crippen molar-refractivity contribution >= 4 is 11.7 Å². The van der Waals surface area contributed by atoms with Crippen molar-refractivity contribution in [3.05, 3.63) is 23.4 Å². The Kier molecular flexibility index (Phi) is 3.28. The summed E-state index contributed by atoms with van der Waals surface area (Å²) < 4.78 is 0. The first kappa shape index (κ1) is 11.9. The van der Waals surface area contributed by atoms with Gasteiger partial charge in [-0.3, -0.25) is 4.79 Å². The molecule has 4 N–H and O–H groups in total. The lowest BCUT2D eigenvalue weighted by Crippen LogP contribution is -2.27. The fraction of sp³-hybridized carbons (Fsp3) is 0.500. The molecule has 0 bridgehead atoms. The fourth-order valence-corrected chi connectivity index (χ4v) is 2.19. The standard InChI is InChI=1S/C12H18N4O/c1-8-2-3-10(11(14)17)12(15-8)16-5-4-9(6-13)7-16/h2-3,9H,4-7,13H2,1H3,(H2,14,17). The molecule has 5 nitrogen and oxygen atoms in total. The van der Waals surface area contributed by atoms with Crippen LogP contribution < -0.4 is 16.4 Å². The lowest BCUT2D eigenvalue weighted by molar-refractivity contribution is 0.100. The largest absolute Gasteiger partial charge is 0.365 e. The van der Waals surface area contributed by atoms with E-state index in [1.165, 1.54) is 0 Å². The van der Waals surface area contributed by atoms with Crippen molar-refractivity contribution in [1.29, 1.82) is 0 Å². The van der Waals surface area contributed by atoms with Crippen molar-refractivity contribution in [3.63, 3.8) is 0 Å². The molecule has 0 aliphatic carbocycles. The molecule has 0 aromatic carbocycles. The van der Waals surface area contributed by atoms with E-state index in [4.69, 9.17) is 11.5 Å². The van der Waals surface area contributed by atoms with Gasteiger partial charge in [-0.15, -0.1) is 0 Å². The van der Waals surface area contributed by atoms with Gasteiger partial charge < -0.3 is 16.4 Å². The van der Waals surface area contributed by atoms with Gasteiger partial charge in [0.15, 0.2) is 0 Å². The number of anilines is 1. The predicted molar refractivity (Wildman–Crippen MR) is 66.9 cm³/mol. The minimum Gasteiger partial charge on any atom is -0.365 e. The molecule has 1 aliphatic heterocycles. The first-order valence-electron chi connectivity index (χ1n) is 5.84. The minimum atomic E-state index is -0.427. The summed E-state index contributed by atoms with van der Waals surface area (Å²) in [5.74, 6) is 0.759. The van der Waals surface area contributed by atoms with E-state index in [1.54, 1.807) is 12.1 Å². The van der Waals surface area contributed by atoms with Crippen LogP contribution in [0.1, 0.15) is 22.5 Å². The topological polar surface area (TPSA) is 85.2 Å². The quantitative estimate of drug-likeness (QED) is 0.786. The van der Waals surface area contributed by atoms with Gasteiger partial charge in [-0.1, -0.05) is 0 Å². The second-order valence-corrected chi connectivity index (χ2v) is 4.52. The number of carbonyl (C=O) groups excluding carboxylic acids is 1. The SMILES string of the molecule is Cc1ccc(C(N)=O)c(N2CCC(CN)C2)n1. The first-order valence-corrected chi connectivity index (χ1v) is 5.84. The zero-order chi connectivity index (χ0) is 12.4. The number of rotatable bonds is 3. The second kappa shape index (κ2) is 4.71. The maximum Gasteiger partial charge on any atom is 0.252 e. The molecule has 2 rings (SSSR count). The molecule has 1 fully saturated rings. The Bertz CT molecular complexity index is 433. The summed E-state index contributed by atoms with van der Waals surface area (Å²) in [6.45, 7) is 4.32. The molecule has 0 radical (unpaired) electrons. The highest BCUT2D eigenvalue weighted by atomic mass is 16.1. The van der Waals surface area contributed by atoms with Gasteiger partial charge in [0.05, 0.1) is 5.56 Å². The van der Waals surface area contributed by atoms with Crippen LogP contribution in [0.15, 0.2) is 12.1 Å². The summed E-state index contributed by atoms with van der Waals surface area (Å²) in [4.78, 5) is 17.9. The van der Waals surface area contributed by atoms with Crippen molar-refractivity contribution in [3.8, 4) is 0 Å². The lowest BCUT2D eigenvalue weighted by Gasteiger charge is -2.20. The Morgan fingerprint density at radius 1 is 1.59 bits per heavy atom. The van der Waals surface area contributed by atoms with Gasteiger partial charge in [-0.05, 0) is 37.9 Å². The van der Waals surface area contributed by atoms with Gasteiger partial charge >= 0.3 is 0 Å². The Morgan fingerprint density at radius 2 is 2.35 bits per heavy atom. The third kappa shape index (κ3) is 2.39. The van der Waals surface area contributed by atoms with Gasteiger partial charge in [0.2, 0.25) is 0 Å². The summed E-state index contributed by atoms with van der Waals surface area (Å²) in [5.41, 5.74) is 12.4. The lowest BCUT2D eigenvalue weighted by atomic mass is 10.1. The van der Waals surface area contributed by atoms with Gasteiger partial charge in [0, 0.05) is 18.8 Å². The van der Waals surface area contributed by atoms with Crippen LogP contribution in [0, 0.1) is 12.8 Å². The molecule has 1 unspecified atom stereocenters. The van der Waals surface area contributed by atoms with Gasteiger partial charge in [0.25, 0.3) is 5.91 Å². The van der Waals surface area contributed by atoms with E-state index in [0.717, 1.165) is 25.2 Å². The molecule has 1 aromatic rings. The van der Waals surface area contributed by atoms with E-state index in [9.17, 15) is 4.79 Å². The van der Waals surface area contributed by atoms with Crippen LogP contribution in [-0.2, 0) is 0 Å². The number of hydrogen-bond acceptors (Lipinski definition) is 4. The predicted octanol–water partition coefficient (Wildman–Crippen LogP) is 0.274. The van der Waals surface area contributed by atoms with Crippen molar-refractivity contribution in [1.82, 2.24) is 4.98 Å². The maximum atomic E-state index is 11.4. The monoisotopic (exact) mass is 234 g/mol. The Balaban J connectivity index is 2.31. The molecule has 1 amide bonds. The first-order chi connectivity index (χ1) is 8.11. The number of carbonyl (C=O) groups is 1. The van der Waals surface area contributed by atoms with E-state index >= 15 is 0 Å². The van der Waals surface area contributed by atoms with E-state index in [0.29, 0.717) is 23.8 Å². The highest BCUT2D eigenvalue weighted by molar-refractivity contribution is 5.97. The number of primary amides is 1. The average molecular weight is 234 g/mol. The van der Waals surface area contributed by atoms with E-state index < -0.39 is 5.91 Å². The van der Waals surface area contributed by atoms with Gasteiger partial charge in [-0.25, -0.2) is 4.98 Å². The third-order valence-corrected chi connectivity index (χ3v) is 3.20. The van der Waals surface area contributed by atoms with Crippen LogP contribution in [0.25, 0.3) is 0 Å². The molecular formula is C12H18N4O. The normalized spacial score (nSPS) is 19.6. The molecular weight excluding hydrogens is 216 g/mol. The zero-order valence-corrected chi connectivity index (χ0v) is 10.0. The number of aryl methyl sites for hydroxylation is 1. The van der Waals surface area contributed by atoms with E-state index in [2.05, 4.69) is 9.88 Å². The van der Waals surface area contributed by atoms with Gasteiger partial charge in [-0.2, -0.15) is 0 Å². The molecule has 1 saturated heterocycles. The van der Waals surface area contributed by atoms with Crippen LogP contribution in [0.2, 0.25) is 0 Å². The van der Waals surface area contributed by atoms with Gasteiger partial charge in [0.1, 0.15) is 5.82 Å². The zero-order valence-electron chi connectivity index (χ0n) is 10.0. The molecule has 0 saturated carbocycles.